The first-order valence-electron chi connectivity index (χ1n) is 7.47. The highest BCUT2D eigenvalue weighted by Gasteiger charge is 2.35. The first-order chi connectivity index (χ1) is 10.8. The number of halogens is 2. The van der Waals surface area contributed by atoms with Crippen molar-refractivity contribution in [2.45, 2.75) is 38.5 Å². The Bertz CT molecular complexity index is 605. The van der Waals surface area contributed by atoms with Crippen molar-refractivity contribution in [3.8, 4) is 0 Å². The molecule has 0 spiro atoms. The number of aliphatic hydroxyl groups excluding tert-OH is 1. The fourth-order valence-corrected chi connectivity index (χ4v) is 2.45. The third-order valence-corrected chi connectivity index (χ3v) is 4.15. The Balaban J connectivity index is 2.04. The van der Waals surface area contributed by atoms with Crippen molar-refractivity contribution < 1.29 is 19.1 Å². The van der Waals surface area contributed by atoms with Crippen LogP contribution in [-0.2, 0) is 16.1 Å². The second-order valence-electron chi connectivity index (χ2n) is 5.93. The maximum absolute atomic E-state index is 13.1. The van der Waals surface area contributed by atoms with Crippen molar-refractivity contribution in [1.82, 2.24) is 10.2 Å². The first-order valence-corrected chi connectivity index (χ1v) is 7.84. The fraction of sp³-hybridized carbons (Fsp3) is 0.500. The summed E-state index contributed by atoms with van der Waals surface area (Å²) in [5.41, 5.74) is 0.585. The average molecular weight is 343 g/mol. The Morgan fingerprint density at radius 3 is 2.65 bits per heavy atom. The number of aliphatic hydroxyl groups is 1. The van der Waals surface area contributed by atoms with Crippen molar-refractivity contribution in [1.29, 1.82) is 0 Å². The number of amides is 2. The van der Waals surface area contributed by atoms with Gasteiger partial charge in [0.2, 0.25) is 11.8 Å². The molecule has 7 heteroatoms. The van der Waals surface area contributed by atoms with Crippen LogP contribution in [0.15, 0.2) is 18.2 Å². The predicted molar refractivity (Wildman–Crippen MR) is 84.2 cm³/mol. The van der Waals surface area contributed by atoms with Crippen molar-refractivity contribution in [2.24, 2.45) is 5.92 Å². The van der Waals surface area contributed by atoms with Crippen LogP contribution in [0.25, 0.3) is 0 Å². The summed E-state index contributed by atoms with van der Waals surface area (Å²) in [4.78, 5) is 25.7. The van der Waals surface area contributed by atoms with Gasteiger partial charge in [-0.3, -0.25) is 9.59 Å². The van der Waals surface area contributed by atoms with E-state index in [4.69, 9.17) is 11.6 Å². The lowest BCUT2D eigenvalue weighted by molar-refractivity contribution is -0.139. The number of hydrogen-bond donors (Lipinski definition) is 2. The lowest BCUT2D eigenvalue weighted by Gasteiger charge is -2.26. The molecule has 1 aromatic carbocycles. The molecule has 0 aliphatic heterocycles. The molecule has 1 fully saturated rings. The van der Waals surface area contributed by atoms with E-state index in [1.807, 2.05) is 0 Å². The zero-order valence-corrected chi connectivity index (χ0v) is 13.8. The van der Waals surface area contributed by atoms with Gasteiger partial charge in [0.05, 0.1) is 6.10 Å². The maximum Gasteiger partial charge on any atom is 0.247 e. The van der Waals surface area contributed by atoms with E-state index in [1.54, 1.807) is 7.05 Å². The van der Waals surface area contributed by atoms with Gasteiger partial charge in [-0.25, -0.2) is 4.39 Å². The number of carbonyl (C=O) groups excluding carboxylic acids is 2. The topological polar surface area (TPSA) is 69.6 Å². The molecule has 0 radical (unpaired) electrons. The summed E-state index contributed by atoms with van der Waals surface area (Å²) in [7, 11) is 1.54. The second-order valence-corrected chi connectivity index (χ2v) is 6.34. The Morgan fingerprint density at radius 2 is 2.13 bits per heavy atom. The van der Waals surface area contributed by atoms with Crippen molar-refractivity contribution in [2.75, 3.05) is 7.05 Å². The molecule has 1 aliphatic rings. The monoisotopic (exact) mass is 342 g/mol. The molecule has 2 unspecified atom stereocenters. The predicted octanol–water partition coefficient (Wildman–Crippen LogP) is 1.71. The first kappa shape index (κ1) is 17.7. The van der Waals surface area contributed by atoms with E-state index in [1.165, 1.54) is 30.0 Å². The largest absolute Gasteiger partial charge is 0.391 e. The van der Waals surface area contributed by atoms with Gasteiger partial charge in [-0.1, -0.05) is 17.7 Å². The normalized spacial score (nSPS) is 16.6. The number of benzene rings is 1. The molecule has 2 atom stereocenters. The minimum Gasteiger partial charge on any atom is -0.391 e. The molecule has 0 heterocycles. The van der Waals surface area contributed by atoms with Crippen molar-refractivity contribution in [3.63, 3.8) is 0 Å². The van der Waals surface area contributed by atoms with Gasteiger partial charge in [-0.05, 0) is 37.5 Å². The highest BCUT2D eigenvalue weighted by atomic mass is 35.5. The maximum atomic E-state index is 13.1. The lowest BCUT2D eigenvalue weighted by atomic mass is 10.1. The van der Waals surface area contributed by atoms with Gasteiger partial charge in [-0.2, -0.15) is 0 Å². The zero-order valence-electron chi connectivity index (χ0n) is 13.1. The molecule has 1 aromatic rings. The molecule has 0 aromatic heterocycles. The van der Waals surface area contributed by atoms with Crippen LogP contribution in [0.3, 0.4) is 0 Å². The van der Waals surface area contributed by atoms with Gasteiger partial charge in [0.15, 0.2) is 0 Å². The molecule has 1 saturated carbocycles. The lowest BCUT2D eigenvalue weighted by Crippen LogP contribution is -2.53. The molecule has 5 nitrogen and oxygen atoms in total. The molecular weight excluding hydrogens is 323 g/mol. The highest BCUT2D eigenvalue weighted by Crippen LogP contribution is 2.29. The highest BCUT2D eigenvalue weighted by molar-refractivity contribution is 6.31. The summed E-state index contributed by atoms with van der Waals surface area (Å²) in [6, 6.07) is 2.94. The van der Waals surface area contributed by atoms with Crippen LogP contribution in [0.5, 0.6) is 0 Å². The van der Waals surface area contributed by atoms with Crippen LogP contribution >= 0.6 is 11.6 Å². The van der Waals surface area contributed by atoms with E-state index >= 15 is 0 Å². The number of likely N-dealkylation sites (N-methyl/N-ethyl adjacent to an activating group) is 1. The van der Waals surface area contributed by atoms with Gasteiger partial charge in [0.25, 0.3) is 0 Å². The Hall–Kier alpha value is -1.66. The summed E-state index contributed by atoms with van der Waals surface area (Å²) >= 11 is 5.96. The number of hydrogen-bond acceptors (Lipinski definition) is 3. The molecule has 1 aliphatic carbocycles. The van der Waals surface area contributed by atoms with Crippen LogP contribution in [0, 0.1) is 11.7 Å². The molecule has 23 heavy (non-hydrogen) atoms. The Morgan fingerprint density at radius 1 is 1.48 bits per heavy atom. The van der Waals surface area contributed by atoms with E-state index in [0.717, 1.165) is 12.8 Å². The summed E-state index contributed by atoms with van der Waals surface area (Å²) in [6.45, 7) is 1.61. The van der Waals surface area contributed by atoms with Crippen LogP contribution < -0.4 is 5.32 Å². The van der Waals surface area contributed by atoms with Crippen molar-refractivity contribution >= 4 is 23.4 Å². The van der Waals surface area contributed by atoms with Gasteiger partial charge in [0.1, 0.15) is 11.9 Å². The quantitative estimate of drug-likeness (QED) is 0.827. The number of carbonyl (C=O) groups is 2. The van der Waals surface area contributed by atoms with Crippen LogP contribution in [0.1, 0.15) is 25.3 Å². The minimum atomic E-state index is -1.02. The minimum absolute atomic E-state index is 0.0547. The fourth-order valence-electron chi connectivity index (χ4n) is 2.23. The van der Waals surface area contributed by atoms with E-state index < -0.39 is 23.9 Å². The zero-order chi connectivity index (χ0) is 17.1. The van der Waals surface area contributed by atoms with Crippen LogP contribution in [0.4, 0.5) is 4.39 Å². The summed E-state index contributed by atoms with van der Waals surface area (Å²) in [5, 5.41) is 12.6. The molecule has 0 bridgehead atoms. The molecule has 0 saturated heterocycles. The molecular formula is C16H20ClFN2O3. The molecule has 2 N–H and O–H groups in total. The van der Waals surface area contributed by atoms with Gasteiger partial charge in [-0.15, -0.1) is 0 Å². The van der Waals surface area contributed by atoms with E-state index in [0.29, 0.717) is 5.56 Å². The molecule has 2 amide bonds. The van der Waals surface area contributed by atoms with Crippen LogP contribution in [-0.4, -0.2) is 41.0 Å². The third kappa shape index (κ3) is 4.65. The van der Waals surface area contributed by atoms with E-state index in [9.17, 15) is 19.1 Å². The van der Waals surface area contributed by atoms with E-state index in [-0.39, 0.29) is 23.4 Å². The summed E-state index contributed by atoms with van der Waals surface area (Å²) < 4.78 is 13.1. The molecule has 2 rings (SSSR count). The van der Waals surface area contributed by atoms with Crippen molar-refractivity contribution in [3.05, 3.63) is 34.6 Å². The number of nitrogens with zero attached hydrogens (tertiary/aromatic N) is 1. The van der Waals surface area contributed by atoms with Gasteiger partial charge in [0, 0.05) is 24.5 Å². The van der Waals surface area contributed by atoms with Crippen LogP contribution in [0.2, 0.25) is 5.02 Å². The second kappa shape index (κ2) is 7.27. The standard InChI is InChI=1S/C16H20ClFN2O3/c1-9(21)14(19-15(22)10-3-4-10)16(23)20(2)8-11-5-6-12(18)7-13(11)17/h5-7,9-10,14,21H,3-4,8H2,1-2H3,(H,19,22). The summed E-state index contributed by atoms with van der Waals surface area (Å²) in [5.74, 6) is -1.14. The average Bonchev–Trinajstić information content (AvgIpc) is 3.31. The Kier molecular flexibility index (Phi) is 5.59. The van der Waals surface area contributed by atoms with Gasteiger partial charge >= 0.3 is 0 Å². The third-order valence-electron chi connectivity index (χ3n) is 3.79. The van der Waals surface area contributed by atoms with E-state index in [2.05, 4.69) is 5.32 Å². The summed E-state index contributed by atoms with van der Waals surface area (Å²) in [6.07, 6.45) is 0.609. The smallest absolute Gasteiger partial charge is 0.247 e. The molecule has 126 valence electrons. The Labute approximate surface area is 139 Å². The SMILES string of the molecule is CC(O)C(NC(=O)C1CC1)C(=O)N(C)Cc1ccc(F)cc1Cl. The number of rotatable bonds is 6. The number of nitrogens with one attached hydrogen (secondary N) is 1. The van der Waals surface area contributed by atoms with Gasteiger partial charge < -0.3 is 15.3 Å².